The summed E-state index contributed by atoms with van der Waals surface area (Å²) >= 11 is 0. The molecule has 0 aliphatic heterocycles. The standard InChI is InChI=1S/C14H17N5O3/c1-18(2)14-12(19(20)21)13(16-9-17-14)15-8-10-4-6-11(22-3)7-5-10/h4-7,9H,8H2,1-3H3,(H,15,16,17). The van der Waals surface area contributed by atoms with Gasteiger partial charge in [-0.2, -0.15) is 0 Å². The number of hydrogen-bond donors (Lipinski definition) is 1. The van der Waals surface area contributed by atoms with Crippen LogP contribution in [0.2, 0.25) is 0 Å². The molecule has 0 radical (unpaired) electrons. The lowest BCUT2D eigenvalue weighted by atomic mass is 10.2. The summed E-state index contributed by atoms with van der Waals surface area (Å²) in [6.07, 6.45) is 1.30. The molecule has 0 saturated carbocycles. The van der Waals surface area contributed by atoms with Gasteiger partial charge in [-0.25, -0.2) is 9.97 Å². The molecular weight excluding hydrogens is 286 g/mol. The highest BCUT2D eigenvalue weighted by Crippen LogP contribution is 2.30. The van der Waals surface area contributed by atoms with Gasteiger partial charge >= 0.3 is 5.69 Å². The van der Waals surface area contributed by atoms with Gasteiger partial charge in [0.1, 0.15) is 12.1 Å². The normalized spacial score (nSPS) is 10.1. The number of ether oxygens (including phenoxy) is 1. The van der Waals surface area contributed by atoms with Crippen LogP contribution in [0.3, 0.4) is 0 Å². The van der Waals surface area contributed by atoms with Gasteiger partial charge in [-0.1, -0.05) is 12.1 Å². The summed E-state index contributed by atoms with van der Waals surface area (Å²) in [5.41, 5.74) is 0.820. The molecule has 0 bridgehead atoms. The molecule has 0 spiro atoms. The first-order valence-corrected chi connectivity index (χ1v) is 6.56. The zero-order valence-corrected chi connectivity index (χ0v) is 12.6. The number of aromatic nitrogens is 2. The topological polar surface area (TPSA) is 93.4 Å². The molecule has 1 aromatic heterocycles. The van der Waals surface area contributed by atoms with E-state index in [-0.39, 0.29) is 17.3 Å². The van der Waals surface area contributed by atoms with Crippen LogP contribution in [0.25, 0.3) is 0 Å². The second kappa shape index (κ2) is 6.70. The zero-order chi connectivity index (χ0) is 16.1. The summed E-state index contributed by atoms with van der Waals surface area (Å²) in [5, 5.41) is 14.3. The van der Waals surface area contributed by atoms with Crippen LogP contribution < -0.4 is 15.0 Å². The Kier molecular flexibility index (Phi) is 4.72. The van der Waals surface area contributed by atoms with Crippen molar-refractivity contribution < 1.29 is 9.66 Å². The molecule has 2 aromatic rings. The van der Waals surface area contributed by atoms with Crippen molar-refractivity contribution in [2.75, 3.05) is 31.4 Å². The van der Waals surface area contributed by atoms with Crippen LogP contribution in [0.5, 0.6) is 5.75 Å². The predicted octanol–water partition coefficient (Wildman–Crippen LogP) is 2.07. The molecule has 1 N–H and O–H groups in total. The molecule has 0 aliphatic rings. The number of nitro groups is 1. The van der Waals surface area contributed by atoms with E-state index in [1.807, 2.05) is 24.3 Å². The Bertz CT molecular complexity index is 658. The molecular formula is C14H17N5O3. The van der Waals surface area contributed by atoms with E-state index in [9.17, 15) is 10.1 Å². The maximum Gasteiger partial charge on any atom is 0.353 e. The number of rotatable bonds is 6. The Morgan fingerprint density at radius 2 is 1.95 bits per heavy atom. The van der Waals surface area contributed by atoms with Crippen molar-refractivity contribution >= 4 is 17.3 Å². The summed E-state index contributed by atoms with van der Waals surface area (Å²) < 4.78 is 5.09. The van der Waals surface area contributed by atoms with E-state index in [2.05, 4.69) is 15.3 Å². The molecule has 2 rings (SSSR count). The monoisotopic (exact) mass is 303 g/mol. The maximum absolute atomic E-state index is 11.3. The molecule has 0 fully saturated rings. The molecule has 1 aromatic carbocycles. The molecule has 8 heteroatoms. The van der Waals surface area contributed by atoms with Crippen molar-refractivity contribution in [1.82, 2.24) is 9.97 Å². The largest absolute Gasteiger partial charge is 0.497 e. The van der Waals surface area contributed by atoms with Crippen LogP contribution in [0, 0.1) is 10.1 Å². The number of nitrogens with zero attached hydrogens (tertiary/aromatic N) is 4. The van der Waals surface area contributed by atoms with Gasteiger partial charge in [0.05, 0.1) is 12.0 Å². The third kappa shape index (κ3) is 3.40. The minimum Gasteiger partial charge on any atom is -0.497 e. The fourth-order valence-corrected chi connectivity index (χ4v) is 1.92. The third-order valence-corrected chi connectivity index (χ3v) is 3.03. The first-order chi connectivity index (χ1) is 10.5. The molecule has 0 amide bonds. The first-order valence-electron chi connectivity index (χ1n) is 6.56. The van der Waals surface area contributed by atoms with Crippen LogP contribution >= 0.6 is 0 Å². The fraction of sp³-hybridized carbons (Fsp3) is 0.286. The zero-order valence-electron chi connectivity index (χ0n) is 12.6. The van der Waals surface area contributed by atoms with Crippen LogP contribution in [0.15, 0.2) is 30.6 Å². The minimum atomic E-state index is -0.480. The van der Waals surface area contributed by atoms with Gasteiger partial charge in [0.25, 0.3) is 0 Å². The minimum absolute atomic E-state index is 0.138. The summed E-state index contributed by atoms with van der Waals surface area (Å²) in [7, 11) is 4.99. The highest BCUT2D eigenvalue weighted by atomic mass is 16.6. The third-order valence-electron chi connectivity index (χ3n) is 3.03. The quantitative estimate of drug-likeness (QED) is 0.645. The summed E-state index contributed by atoms with van der Waals surface area (Å²) in [5.74, 6) is 1.21. The Morgan fingerprint density at radius 1 is 1.27 bits per heavy atom. The van der Waals surface area contributed by atoms with Crippen molar-refractivity contribution in [2.45, 2.75) is 6.54 Å². The van der Waals surface area contributed by atoms with E-state index in [1.165, 1.54) is 6.33 Å². The molecule has 0 aliphatic carbocycles. The van der Waals surface area contributed by atoms with Gasteiger partial charge in [0.2, 0.25) is 11.6 Å². The Labute approximate surface area is 127 Å². The molecule has 8 nitrogen and oxygen atoms in total. The lowest BCUT2D eigenvalue weighted by molar-refractivity contribution is -0.383. The van der Waals surface area contributed by atoms with Gasteiger partial charge in [-0.05, 0) is 17.7 Å². The van der Waals surface area contributed by atoms with E-state index in [0.29, 0.717) is 6.54 Å². The summed E-state index contributed by atoms with van der Waals surface area (Å²) in [6.45, 7) is 0.411. The maximum atomic E-state index is 11.3. The van der Waals surface area contributed by atoms with E-state index >= 15 is 0 Å². The molecule has 1 heterocycles. The number of anilines is 2. The Morgan fingerprint density at radius 3 is 2.50 bits per heavy atom. The predicted molar refractivity (Wildman–Crippen MR) is 83.3 cm³/mol. The molecule has 0 unspecified atom stereocenters. The average molecular weight is 303 g/mol. The SMILES string of the molecule is COc1ccc(CNc2ncnc(N(C)C)c2[N+](=O)[O-])cc1. The van der Waals surface area contributed by atoms with Crippen LogP contribution in [-0.4, -0.2) is 36.1 Å². The molecule has 116 valence electrons. The number of hydrogen-bond acceptors (Lipinski definition) is 7. The number of nitrogens with one attached hydrogen (secondary N) is 1. The van der Waals surface area contributed by atoms with Crippen LogP contribution in [0.1, 0.15) is 5.56 Å². The van der Waals surface area contributed by atoms with E-state index in [0.717, 1.165) is 11.3 Å². The highest BCUT2D eigenvalue weighted by Gasteiger charge is 2.23. The van der Waals surface area contributed by atoms with Crippen LogP contribution in [-0.2, 0) is 6.54 Å². The summed E-state index contributed by atoms with van der Waals surface area (Å²) in [4.78, 5) is 20.3. The Hall–Kier alpha value is -2.90. The van der Waals surface area contributed by atoms with E-state index in [4.69, 9.17) is 4.74 Å². The van der Waals surface area contributed by atoms with Crippen molar-refractivity contribution in [3.63, 3.8) is 0 Å². The number of methoxy groups -OCH3 is 1. The summed E-state index contributed by atoms with van der Waals surface area (Å²) in [6, 6.07) is 7.42. The van der Waals surface area contributed by atoms with E-state index < -0.39 is 4.92 Å². The number of benzene rings is 1. The van der Waals surface area contributed by atoms with Crippen molar-refractivity contribution in [3.8, 4) is 5.75 Å². The van der Waals surface area contributed by atoms with Gasteiger partial charge in [-0.3, -0.25) is 10.1 Å². The molecule has 0 atom stereocenters. The highest BCUT2D eigenvalue weighted by molar-refractivity contribution is 5.69. The van der Waals surface area contributed by atoms with Crippen molar-refractivity contribution in [3.05, 3.63) is 46.3 Å². The second-order valence-electron chi connectivity index (χ2n) is 4.75. The van der Waals surface area contributed by atoms with Gasteiger partial charge in [0, 0.05) is 20.6 Å². The first kappa shape index (κ1) is 15.5. The smallest absolute Gasteiger partial charge is 0.353 e. The lowest BCUT2D eigenvalue weighted by Gasteiger charge is -2.13. The molecule has 0 saturated heterocycles. The second-order valence-corrected chi connectivity index (χ2v) is 4.75. The van der Waals surface area contributed by atoms with E-state index in [1.54, 1.807) is 26.1 Å². The van der Waals surface area contributed by atoms with Crippen molar-refractivity contribution in [2.24, 2.45) is 0 Å². The van der Waals surface area contributed by atoms with Crippen LogP contribution in [0.4, 0.5) is 17.3 Å². The average Bonchev–Trinajstić information content (AvgIpc) is 2.52. The molecule has 22 heavy (non-hydrogen) atoms. The van der Waals surface area contributed by atoms with Gasteiger partial charge < -0.3 is 15.0 Å². The Balaban J connectivity index is 2.21. The fourth-order valence-electron chi connectivity index (χ4n) is 1.92. The van der Waals surface area contributed by atoms with Gasteiger partial charge in [-0.15, -0.1) is 0 Å². The lowest BCUT2D eigenvalue weighted by Crippen LogP contribution is -2.15. The van der Waals surface area contributed by atoms with Crippen molar-refractivity contribution in [1.29, 1.82) is 0 Å². The van der Waals surface area contributed by atoms with Gasteiger partial charge in [0.15, 0.2) is 0 Å².